The van der Waals surface area contributed by atoms with Gasteiger partial charge in [0.15, 0.2) is 0 Å². The average Bonchev–Trinajstić information content (AvgIpc) is 3.09. The molecule has 0 N–H and O–H groups in total. The lowest BCUT2D eigenvalue weighted by atomic mass is 10.0. The number of likely N-dealkylation sites (tertiary alicyclic amines) is 1. The van der Waals surface area contributed by atoms with Crippen LogP contribution in [0.5, 0.6) is 5.75 Å². The fraction of sp³-hybridized carbons (Fsp3) is 0.286. The zero-order valence-corrected chi connectivity index (χ0v) is 14.2. The van der Waals surface area contributed by atoms with Crippen molar-refractivity contribution in [3.8, 4) is 5.75 Å². The van der Waals surface area contributed by atoms with Crippen LogP contribution in [0, 0.1) is 6.92 Å². The van der Waals surface area contributed by atoms with E-state index in [1.165, 1.54) is 11.1 Å². The third kappa shape index (κ3) is 3.67. The van der Waals surface area contributed by atoms with Gasteiger partial charge in [-0.1, -0.05) is 42.0 Å². The van der Waals surface area contributed by atoms with Crippen LogP contribution in [0.4, 0.5) is 0 Å². The van der Waals surface area contributed by atoms with Crippen molar-refractivity contribution in [1.29, 1.82) is 0 Å². The highest BCUT2D eigenvalue weighted by Crippen LogP contribution is 2.33. The molecule has 124 valence electrons. The van der Waals surface area contributed by atoms with Crippen molar-refractivity contribution in [2.45, 2.75) is 25.8 Å². The Kier molecular flexibility index (Phi) is 4.99. The van der Waals surface area contributed by atoms with Crippen LogP contribution in [-0.4, -0.2) is 24.5 Å². The van der Waals surface area contributed by atoms with Crippen LogP contribution in [0.1, 0.15) is 35.6 Å². The molecule has 0 aromatic heterocycles. The minimum atomic E-state index is 0.0785. The third-order valence-corrected chi connectivity index (χ3v) is 4.50. The first-order valence-electron chi connectivity index (χ1n) is 8.36. The number of methoxy groups -OCH3 is 1. The van der Waals surface area contributed by atoms with Gasteiger partial charge in [0.25, 0.3) is 0 Å². The summed E-state index contributed by atoms with van der Waals surface area (Å²) in [7, 11) is 1.66. The van der Waals surface area contributed by atoms with E-state index < -0.39 is 0 Å². The second kappa shape index (κ2) is 7.35. The summed E-state index contributed by atoms with van der Waals surface area (Å²) in [4.78, 5) is 14.6. The first-order valence-corrected chi connectivity index (χ1v) is 8.36. The fourth-order valence-electron chi connectivity index (χ4n) is 3.24. The van der Waals surface area contributed by atoms with Crippen LogP contribution in [0.15, 0.2) is 54.6 Å². The molecule has 0 aliphatic carbocycles. The van der Waals surface area contributed by atoms with E-state index in [1.807, 2.05) is 35.2 Å². The zero-order valence-electron chi connectivity index (χ0n) is 14.2. The SMILES string of the molecule is COc1ccc(C2CCCN2C(=O)C=Cc2cccc(C)c2)cc1. The molecule has 3 rings (SSSR count). The van der Waals surface area contributed by atoms with Gasteiger partial charge in [0.05, 0.1) is 13.2 Å². The quantitative estimate of drug-likeness (QED) is 0.782. The molecule has 1 saturated heterocycles. The Bertz CT molecular complexity index is 734. The van der Waals surface area contributed by atoms with Gasteiger partial charge in [0.2, 0.25) is 5.91 Å². The van der Waals surface area contributed by atoms with Gasteiger partial charge in [-0.25, -0.2) is 0 Å². The van der Waals surface area contributed by atoms with Gasteiger partial charge in [-0.15, -0.1) is 0 Å². The molecule has 1 fully saturated rings. The van der Waals surface area contributed by atoms with Crippen molar-refractivity contribution >= 4 is 12.0 Å². The van der Waals surface area contributed by atoms with E-state index >= 15 is 0 Å². The molecule has 2 aromatic rings. The molecule has 0 bridgehead atoms. The van der Waals surface area contributed by atoms with Gasteiger partial charge in [-0.2, -0.15) is 0 Å². The normalized spacial score (nSPS) is 17.4. The summed E-state index contributed by atoms with van der Waals surface area (Å²) in [5.41, 5.74) is 3.43. The number of amides is 1. The highest BCUT2D eigenvalue weighted by Gasteiger charge is 2.28. The summed E-state index contributed by atoms with van der Waals surface area (Å²) in [5, 5.41) is 0. The molecule has 0 saturated carbocycles. The summed E-state index contributed by atoms with van der Waals surface area (Å²) in [6.07, 6.45) is 5.65. The van der Waals surface area contributed by atoms with Gasteiger partial charge in [0, 0.05) is 12.6 Å². The number of carbonyl (C=O) groups is 1. The lowest BCUT2D eigenvalue weighted by molar-refractivity contribution is -0.126. The maximum absolute atomic E-state index is 12.6. The van der Waals surface area contributed by atoms with Gasteiger partial charge in [-0.05, 0) is 49.1 Å². The molecule has 1 atom stereocenters. The molecule has 2 aromatic carbocycles. The topological polar surface area (TPSA) is 29.5 Å². The van der Waals surface area contributed by atoms with Gasteiger partial charge >= 0.3 is 0 Å². The molecule has 0 radical (unpaired) electrons. The Morgan fingerprint density at radius 3 is 2.71 bits per heavy atom. The predicted octanol–water partition coefficient (Wildman–Crippen LogP) is 4.38. The molecular weight excluding hydrogens is 298 g/mol. The largest absolute Gasteiger partial charge is 0.497 e. The number of nitrogens with zero attached hydrogens (tertiary/aromatic N) is 1. The standard InChI is InChI=1S/C21H23NO2/c1-16-5-3-6-17(15-16)8-13-21(23)22-14-4-7-20(22)18-9-11-19(24-2)12-10-18/h3,5-6,8-13,15,20H,4,7,14H2,1-2H3. The number of hydrogen-bond acceptors (Lipinski definition) is 2. The maximum atomic E-state index is 12.6. The first-order chi connectivity index (χ1) is 11.7. The summed E-state index contributed by atoms with van der Waals surface area (Å²) in [6, 6.07) is 16.3. The van der Waals surface area contributed by atoms with E-state index in [0.717, 1.165) is 30.7 Å². The zero-order chi connectivity index (χ0) is 16.9. The van der Waals surface area contributed by atoms with Crippen LogP contribution in [0.2, 0.25) is 0 Å². The minimum Gasteiger partial charge on any atom is -0.497 e. The number of ether oxygens (including phenoxy) is 1. The number of aryl methyl sites for hydroxylation is 1. The highest BCUT2D eigenvalue weighted by atomic mass is 16.5. The van der Waals surface area contributed by atoms with Crippen LogP contribution >= 0.6 is 0 Å². The Morgan fingerprint density at radius 2 is 2.00 bits per heavy atom. The Labute approximate surface area is 143 Å². The second-order valence-corrected chi connectivity index (χ2v) is 6.21. The average molecular weight is 321 g/mol. The smallest absolute Gasteiger partial charge is 0.247 e. The van der Waals surface area contributed by atoms with Crippen molar-refractivity contribution < 1.29 is 9.53 Å². The minimum absolute atomic E-state index is 0.0785. The van der Waals surface area contributed by atoms with Crippen molar-refractivity contribution in [2.24, 2.45) is 0 Å². The van der Waals surface area contributed by atoms with Crippen LogP contribution < -0.4 is 4.74 Å². The second-order valence-electron chi connectivity index (χ2n) is 6.21. The van der Waals surface area contributed by atoms with Crippen molar-refractivity contribution in [1.82, 2.24) is 4.90 Å². The fourth-order valence-corrected chi connectivity index (χ4v) is 3.24. The molecule has 1 aliphatic rings. The van der Waals surface area contributed by atoms with Crippen LogP contribution in [-0.2, 0) is 4.79 Å². The first kappa shape index (κ1) is 16.3. The number of hydrogen-bond donors (Lipinski definition) is 0. The number of carbonyl (C=O) groups excluding carboxylic acids is 1. The molecule has 1 unspecified atom stereocenters. The highest BCUT2D eigenvalue weighted by molar-refractivity contribution is 5.92. The van der Waals surface area contributed by atoms with E-state index in [1.54, 1.807) is 13.2 Å². The van der Waals surface area contributed by atoms with Crippen LogP contribution in [0.3, 0.4) is 0 Å². The van der Waals surface area contributed by atoms with Gasteiger partial charge < -0.3 is 9.64 Å². The van der Waals surface area contributed by atoms with E-state index in [-0.39, 0.29) is 11.9 Å². The molecule has 0 spiro atoms. The maximum Gasteiger partial charge on any atom is 0.247 e. The van der Waals surface area contributed by atoms with Gasteiger partial charge in [0.1, 0.15) is 5.75 Å². The van der Waals surface area contributed by atoms with E-state index in [0.29, 0.717) is 0 Å². The van der Waals surface area contributed by atoms with Crippen LogP contribution in [0.25, 0.3) is 6.08 Å². The Balaban J connectivity index is 1.73. The lowest BCUT2D eigenvalue weighted by Crippen LogP contribution is -2.28. The summed E-state index contributed by atoms with van der Waals surface area (Å²) >= 11 is 0. The summed E-state index contributed by atoms with van der Waals surface area (Å²) in [6.45, 7) is 2.87. The van der Waals surface area contributed by atoms with Gasteiger partial charge in [-0.3, -0.25) is 4.79 Å². The van der Waals surface area contributed by atoms with Crippen molar-refractivity contribution in [3.05, 3.63) is 71.3 Å². The molecule has 3 heteroatoms. The molecule has 24 heavy (non-hydrogen) atoms. The summed E-state index contributed by atoms with van der Waals surface area (Å²) in [5.74, 6) is 0.920. The van der Waals surface area contributed by atoms with E-state index in [4.69, 9.17) is 4.74 Å². The molecule has 1 aliphatic heterocycles. The molecule has 1 amide bonds. The third-order valence-electron chi connectivity index (χ3n) is 4.50. The van der Waals surface area contributed by atoms with E-state index in [9.17, 15) is 4.79 Å². The van der Waals surface area contributed by atoms with E-state index in [2.05, 4.69) is 31.2 Å². The Hall–Kier alpha value is -2.55. The lowest BCUT2D eigenvalue weighted by Gasteiger charge is -2.24. The molecule has 3 nitrogen and oxygen atoms in total. The Morgan fingerprint density at radius 1 is 1.21 bits per heavy atom. The monoisotopic (exact) mass is 321 g/mol. The molecular formula is C21H23NO2. The summed E-state index contributed by atoms with van der Waals surface area (Å²) < 4.78 is 5.21. The predicted molar refractivity (Wildman–Crippen MR) is 96.9 cm³/mol. The van der Waals surface area contributed by atoms with Crippen molar-refractivity contribution in [2.75, 3.05) is 13.7 Å². The molecule has 1 heterocycles. The number of rotatable bonds is 4. The number of benzene rings is 2. The van der Waals surface area contributed by atoms with Crippen molar-refractivity contribution in [3.63, 3.8) is 0 Å².